The zero-order valence-electron chi connectivity index (χ0n) is 5.43. The van der Waals surface area contributed by atoms with E-state index in [0.29, 0.717) is 9.92 Å². The zero-order valence-corrected chi connectivity index (χ0v) is 7.08. The second-order valence-corrected chi connectivity index (χ2v) is 2.89. The third-order valence-corrected chi connectivity index (χ3v) is 2.32. The number of phenols is 1. The van der Waals surface area contributed by atoms with Gasteiger partial charge in [-0.2, -0.15) is 0 Å². The molecule has 0 saturated heterocycles. The van der Waals surface area contributed by atoms with Crippen molar-refractivity contribution in [2.24, 2.45) is 0 Å². The first-order valence-electron chi connectivity index (χ1n) is 2.80. The molecule has 0 heterocycles. The van der Waals surface area contributed by atoms with Crippen molar-refractivity contribution < 1.29 is 5.11 Å². The summed E-state index contributed by atoms with van der Waals surface area (Å²) in [5, 5.41) is 9.72. The number of benzene rings is 1. The number of hydrogen-bond acceptors (Lipinski definition) is 2. The van der Waals surface area contributed by atoms with Gasteiger partial charge < -0.3 is 5.11 Å². The Morgan fingerprint density at radius 2 is 2.10 bits per heavy atom. The van der Waals surface area contributed by atoms with Gasteiger partial charge in [-0.15, -0.1) is 12.6 Å². The van der Waals surface area contributed by atoms with E-state index in [1.807, 2.05) is 6.92 Å². The lowest BCUT2D eigenvalue weighted by molar-refractivity contribution is 0.462. The van der Waals surface area contributed by atoms with Gasteiger partial charge in [0.05, 0.1) is 4.90 Å². The molecule has 0 radical (unpaired) electrons. The van der Waals surface area contributed by atoms with Crippen molar-refractivity contribution in [2.75, 3.05) is 0 Å². The van der Waals surface area contributed by atoms with Gasteiger partial charge in [-0.3, -0.25) is 0 Å². The Kier molecular flexibility index (Phi) is 2.11. The number of aromatic hydroxyl groups is 1. The number of hydrogen-bond donors (Lipinski definition) is 2. The lowest BCUT2D eigenvalue weighted by Crippen LogP contribution is -1.78. The summed E-state index contributed by atoms with van der Waals surface area (Å²) >= 11 is 9.77. The molecule has 1 aromatic rings. The molecule has 1 nitrogen and oxygen atoms in total. The quantitative estimate of drug-likeness (QED) is 0.580. The van der Waals surface area contributed by atoms with E-state index in [1.165, 1.54) is 6.07 Å². The van der Waals surface area contributed by atoms with Crippen molar-refractivity contribution in [2.45, 2.75) is 11.8 Å². The minimum absolute atomic E-state index is 0.172. The largest absolute Gasteiger partial charge is 0.507 e. The summed E-state index contributed by atoms with van der Waals surface area (Å²) < 4.78 is 0. The number of phenolic OH excluding ortho intramolecular Hbond substituents is 1. The lowest BCUT2D eigenvalue weighted by atomic mass is 10.2. The summed E-state index contributed by atoms with van der Waals surface area (Å²) in [6.07, 6.45) is 0. The van der Waals surface area contributed by atoms with Gasteiger partial charge in [0.1, 0.15) is 5.75 Å². The highest BCUT2D eigenvalue weighted by molar-refractivity contribution is 7.80. The van der Waals surface area contributed by atoms with E-state index in [9.17, 15) is 0 Å². The van der Waals surface area contributed by atoms with Gasteiger partial charge in [0.15, 0.2) is 0 Å². The molecule has 0 aliphatic heterocycles. The highest BCUT2D eigenvalue weighted by atomic mass is 35.5. The van der Waals surface area contributed by atoms with Gasteiger partial charge in [-0.25, -0.2) is 0 Å². The van der Waals surface area contributed by atoms with Crippen LogP contribution in [0.4, 0.5) is 0 Å². The Bertz CT molecular complexity index is 233. The van der Waals surface area contributed by atoms with Crippen molar-refractivity contribution in [1.82, 2.24) is 0 Å². The van der Waals surface area contributed by atoms with Crippen molar-refractivity contribution in [3.8, 4) is 5.75 Å². The van der Waals surface area contributed by atoms with Crippen LogP contribution >= 0.6 is 24.2 Å². The highest BCUT2D eigenvalue weighted by Gasteiger charge is 2.02. The number of rotatable bonds is 0. The smallest absolute Gasteiger partial charge is 0.129 e. The molecule has 0 aliphatic carbocycles. The molecule has 0 fully saturated rings. The molecule has 0 amide bonds. The van der Waals surface area contributed by atoms with Crippen molar-refractivity contribution in [3.05, 3.63) is 22.7 Å². The average Bonchev–Trinajstić information content (AvgIpc) is 1.93. The SMILES string of the molecule is Cc1c(Cl)ccc(O)c1S. The lowest BCUT2D eigenvalue weighted by Gasteiger charge is -2.02. The molecule has 0 unspecified atom stereocenters. The molecule has 3 heteroatoms. The van der Waals surface area contributed by atoms with Gasteiger partial charge in [0.25, 0.3) is 0 Å². The summed E-state index contributed by atoms with van der Waals surface area (Å²) in [5.41, 5.74) is 0.810. The van der Waals surface area contributed by atoms with Crippen LogP contribution in [0.1, 0.15) is 5.56 Å². The molecular weight excluding hydrogens is 168 g/mol. The summed E-state index contributed by atoms with van der Waals surface area (Å²) in [6.45, 7) is 1.81. The molecule has 1 N–H and O–H groups in total. The van der Waals surface area contributed by atoms with E-state index in [1.54, 1.807) is 6.07 Å². The van der Waals surface area contributed by atoms with E-state index in [-0.39, 0.29) is 5.75 Å². The molecule has 0 aromatic heterocycles. The van der Waals surface area contributed by atoms with Gasteiger partial charge in [0.2, 0.25) is 0 Å². The van der Waals surface area contributed by atoms with E-state index in [2.05, 4.69) is 12.6 Å². The maximum absolute atomic E-state index is 9.09. The predicted molar refractivity (Wildman–Crippen MR) is 45.1 cm³/mol. The maximum atomic E-state index is 9.09. The molecule has 0 aliphatic rings. The highest BCUT2D eigenvalue weighted by Crippen LogP contribution is 2.29. The third-order valence-electron chi connectivity index (χ3n) is 1.34. The first-order chi connectivity index (χ1) is 4.63. The fourth-order valence-corrected chi connectivity index (χ4v) is 1.08. The summed E-state index contributed by atoms with van der Waals surface area (Å²) in [6, 6.07) is 3.17. The van der Waals surface area contributed by atoms with Crippen LogP contribution in [-0.2, 0) is 0 Å². The summed E-state index contributed by atoms with van der Waals surface area (Å²) in [7, 11) is 0. The molecule has 0 atom stereocenters. The molecule has 0 spiro atoms. The maximum Gasteiger partial charge on any atom is 0.129 e. The van der Waals surface area contributed by atoms with E-state index in [4.69, 9.17) is 16.7 Å². The summed E-state index contributed by atoms with van der Waals surface area (Å²) in [5.74, 6) is 0.172. The van der Waals surface area contributed by atoms with Crippen LogP contribution in [-0.4, -0.2) is 5.11 Å². The Morgan fingerprint density at radius 1 is 1.50 bits per heavy atom. The van der Waals surface area contributed by atoms with Crippen LogP contribution in [0.2, 0.25) is 5.02 Å². The van der Waals surface area contributed by atoms with Crippen LogP contribution in [0.5, 0.6) is 5.75 Å². The monoisotopic (exact) mass is 174 g/mol. The normalized spacial score (nSPS) is 9.90. The zero-order chi connectivity index (χ0) is 7.72. The Morgan fingerprint density at radius 3 is 2.60 bits per heavy atom. The minimum atomic E-state index is 0.172. The number of thiol groups is 1. The minimum Gasteiger partial charge on any atom is -0.507 e. The molecular formula is C7H7ClOS. The number of halogens is 1. The molecule has 10 heavy (non-hydrogen) atoms. The molecule has 54 valence electrons. The second kappa shape index (κ2) is 2.72. The standard InChI is InChI=1S/C7H7ClOS/c1-4-5(8)2-3-6(9)7(4)10/h2-3,9-10H,1H3. The molecule has 0 bridgehead atoms. The van der Waals surface area contributed by atoms with Crippen LogP contribution in [0.15, 0.2) is 17.0 Å². The fraction of sp³-hybridized carbons (Fsp3) is 0.143. The average molecular weight is 175 g/mol. The van der Waals surface area contributed by atoms with E-state index < -0.39 is 0 Å². The van der Waals surface area contributed by atoms with Crippen LogP contribution in [0.3, 0.4) is 0 Å². The second-order valence-electron chi connectivity index (χ2n) is 2.04. The van der Waals surface area contributed by atoms with Crippen molar-refractivity contribution in [3.63, 3.8) is 0 Å². The fourth-order valence-electron chi connectivity index (χ4n) is 0.661. The van der Waals surface area contributed by atoms with E-state index >= 15 is 0 Å². The van der Waals surface area contributed by atoms with Gasteiger partial charge >= 0.3 is 0 Å². The first kappa shape index (κ1) is 7.76. The molecule has 0 saturated carbocycles. The van der Waals surface area contributed by atoms with Crippen LogP contribution in [0, 0.1) is 6.92 Å². The van der Waals surface area contributed by atoms with Crippen molar-refractivity contribution in [1.29, 1.82) is 0 Å². The topological polar surface area (TPSA) is 20.2 Å². The summed E-state index contributed by atoms with van der Waals surface area (Å²) in [4.78, 5) is 0.549. The van der Waals surface area contributed by atoms with Crippen molar-refractivity contribution >= 4 is 24.2 Å². The van der Waals surface area contributed by atoms with Gasteiger partial charge in [-0.1, -0.05) is 11.6 Å². The van der Waals surface area contributed by atoms with Gasteiger partial charge in [0, 0.05) is 5.02 Å². The van der Waals surface area contributed by atoms with Crippen LogP contribution < -0.4 is 0 Å². The Hall–Kier alpha value is -0.340. The van der Waals surface area contributed by atoms with Gasteiger partial charge in [-0.05, 0) is 24.6 Å². The predicted octanol–water partition coefficient (Wildman–Crippen LogP) is 2.64. The first-order valence-corrected chi connectivity index (χ1v) is 3.62. The molecule has 1 aromatic carbocycles. The van der Waals surface area contributed by atoms with E-state index in [0.717, 1.165) is 5.56 Å². The Labute approximate surface area is 70.0 Å². The Balaban J connectivity index is 3.34. The third kappa shape index (κ3) is 1.22. The van der Waals surface area contributed by atoms with Crippen LogP contribution in [0.25, 0.3) is 0 Å². The molecule has 1 rings (SSSR count).